The van der Waals surface area contributed by atoms with Crippen molar-refractivity contribution >= 4 is 39.1 Å². The van der Waals surface area contributed by atoms with Gasteiger partial charge in [-0.3, -0.25) is 4.79 Å². The number of phenols is 1. The second-order valence-corrected chi connectivity index (χ2v) is 7.56. The van der Waals surface area contributed by atoms with Crippen LogP contribution in [0.25, 0.3) is 10.3 Å². The molecule has 1 saturated heterocycles. The molecule has 10 heteroatoms. The SMILES string of the molecule is O=C(NCC1CCNCC1)c1nc2c(Nc3ccc(F)cc3O)ncnc2s1. The number of aromatic nitrogens is 3. The van der Waals surface area contributed by atoms with E-state index in [4.69, 9.17) is 0 Å². The third-order valence-electron chi connectivity index (χ3n) is 4.61. The van der Waals surface area contributed by atoms with Crippen molar-refractivity contribution in [3.05, 3.63) is 35.4 Å². The Bertz CT molecular complexity index is 1000. The molecule has 1 aromatic carbocycles. The molecule has 0 spiro atoms. The molecular formula is C18H19FN6O2S. The molecule has 146 valence electrons. The van der Waals surface area contributed by atoms with Crippen LogP contribution in [0.2, 0.25) is 0 Å². The van der Waals surface area contributed by atoms with E-state index in [1.165, 1.54) is 29.8 Å². The summed E-state index contributed by atoms with van der Waals surface area (Å²) in [5.74, 6) is -0.227. The van der Waals surface area contributed by atoms with E-state index in [2.05, 4.69) is 30.9 Å². The summed E-state index contributed by atoms with van der Waals surface area (Å²) in [6.07, 6.45) is 3.43. The highest BCUT2D eigenvalue weighted by molar-refractivity contribution is 7.19. The predicted octanol–water partition coefficient (Wildman–Crippen LogP) is 2.40. The Morgan fingerprint density at radius 1 is 1.32 bits per heavy atom. The fourth-order valence-corrected chi connectivity index (χ4v) is 3.90. The quantitative estimate of drug-likeness (QED) is 0.485. The normalized spacial score (nSPS) is 14.9. The fraction of sp³-hybridized carbons (Fsp3) is 0.333. The van der Waals surface area contributed by atoms with Gasteiger partial charge < -0.3 is 21.1 Å². The minimum atomic E-state index is -0.544. The molecule has 3 heterocycles. The van der Waals surface area contributed by atoms with Gasteiger partial charge in [-0.25, -0.2) is 19.3 Å². The summed E-state index contributed by atoms with van der Waals surface area (Å²) in [6, 6.07) is 3.63. The standard InChI is InChI=1S/C18H19FN6O2S/c19-11-1-2-12(13(26)7-11)24-15-14-17(23-9-22-15)28-18(25-14)16(27)21-8-10-3-5-20-6-4-10/h1-2,7,9-10,20,26H,3-6,8H2,(H,21,27)(H,22,23,24). The van der Waals surface area contributed by atoms with Crippen LogP contribution in [-0.2, 0) is 0 Å². The lowest BCUT2D eigenvalue weighted by molar-refractivity contribution is 0.0944. The number of aromatic hydroxyl groups is 1. The number of thiazole rings is 1. The van der Waals surface area contributed by atoms with Crippen molar-refractivity contribution in [2.75, 3.05) is 25.0 Å². The third-order valence-corrected chi connectivity index (χ3v) is 5.57. The summed E-state index contributed by atoms with van der Waals surface area (Å²) < 4.78 is 13.2. The summed E-state index contributed by atoms with van der Waals surface area (Å²) in [6.45, 7) is 2.57. The van der Waals surface area contributed by atoms with Crippen LogP contribution in [0.1, 0.15) is 22.6 Å². The van der Waals surface area contributed by atoms with Gasteiger partial charge in [0.2, 0.25) is 0 Å². The monoisotopic (exact) mass is 402 g/mol. The molecule has 0 radical (unpaired) electrons. The molecule has 8 nitrogen and oxygen atoms in total. The molecule has 1 aliphatic heterocycles. The van der Waals surface area contributed by atoms with Crippen LogP contribution in [0.5, 0.6) is 5.75 Å². The Morgan fingerprint density at radius 2 is 2.14 bits per heavy atom. The number of carbonyl (C=O) groups excluding carboxylic acids is 1. The Labute approximate surface area is 164 Å². The fourth-order valence-electron chi connectivity index (χ4n) is 3.08. The molecule has 4 rings (SSSR count). The van der Waals surface area contributed by atoms with E-state index in [0.717, 1.165) is 32.0 Å². The Hall–Kier alpha value is -2.85. The summed E-state index contributed by atoms with van der Waals surface area (Å²) in [7, 11) is 0. The number of hydrogen-bond acceptors (Lipinski definition) is 8. The maximum Gasteiger partial charge on any atom is 0.280 e. The highest BCUT2D eigenvalue weighted by Gasteiger charge is 2.19. The zero-order valence-electron chi connectivity index (χ0n) is 14.9. The number of benzene rings is 1. The average Bonchev–Trinajstić information content (AvgIpc) is 3.14. The molecule has 1 amide bonds. The first kappa shape index (κ1) is 18.5. The molecule has 3 aromatic rings. The van der Waals surface area contributed by atoms with Crippen LogP contribution in [0, 0.1) is 11.7 Å². The summed E-state index contributed by atoms with van der Waals surface area (Å²) >= 11 is 1.17. The van der Waals surface area contributed by atoms with E-state index in [1.54, 1.807) is 0 Å². The lowest BCUT2D eigenvalue weighted by atomic mass is 9.98. The Kier molecular flexibility index (Phi) is 5.31. The van der Waals surface area contributed by atoms with Crippen molar-refractivity contribution in [1.29, 1.82) is 0 Å². The molecule has 1 fully saturated rings. The van der Waals surface area contributed by atoms with Crippen molar-refractivity contribution in [2.45, 2.75) is 12.8 Å². The van der Waals surface area contributed by atoms with Gasteiger partial charge in [0.25, 0.3) is 5.91 Å². The molecule has 28 heavy (non-hydrogen) atoms. The second kappa shape index (κ2) is 8.03. The van der Waals surface area contributed by atoms with Crippen molar-refractivity contribution in [3.63, 3.8) is 0 Å². The molecule has 2 aromatic heterocycles. The lowest BCUT2D eigenvalue weighted by Gasteiger charge is -2.22. The maximum atomic E-state index is 13.2. The first-order valence-electron chi connectivity index (χ1n) is 8.96. The van der Waals surface area contributed by atoms with Crippen molar-refractivity contribution < 1.29 is 14.3 Å². The van der Waals surface area contributed by atoms with Gasteiger partial charge in [0, 0.05) is 12.6 Å². The smallest absolute Gasteiger partial charge is 0.280 e. The number of anilines is 2. The predicted molar refractivity (Wildman–Crippen MR) is 104 cm³/mol. The lowest BCUT2D eigenvalue weighted by Crippen LogP contribution is -2.35. The molecule has 1 aliphatic rings. The number of carbonyl (C=O) groups is 1. The number of amides is 1. The number of fused-ring (bicyclic) bond motifs is 1. The number of nitrogens with zero attached hydrogens (tertiary/aromatic N) is 3. The highest BCUT2D eigenvalue weighted by atomic mass is 32.1. The second-order valence-electron chi connectivity index (χ2n) is 6.58. The first-order chi connectivity index (χ1) is 13.6. The molecule has 0 saturated carbocycles. The third kappa shape index (κ3) is 4.02. The average molecular weight is 402 g/mol. The van der Waals surface area contributed by atoms with Gasteiger partial charge in [-0.05, 0) is 44.0 Å². The van der Waals surface area contributed by atoms with Crippen LogP contribution >= 0.6 is 11.3 Å². The van der Waals surface area contributed by atoms with Crippen LogP contribution in [-0.4, -0.2) is 45.6 Å². The molecule has 4 N–H and O–H groups in total. The number of phenolic OH excluding ortho intramolecular Hbond substituents is 1. The van der Waals surface area contributed by atoms with Crippen molar-refractivity contribution in [1.82, 2.24) is 25.6 Å². The van der Waals surface area contributed by atoms with Gasteiger partial charge in [-0.15, -0.1) is 0 Å². The number of nitrogens with one attached hydrogen (secondary N) is 3. The van der Waals surface area contributed by atoms with E-state index in [-0.39, 0.29) is 17.3 Å². The minimum Gasteiger partial charge on any atom is -0.506 e. The van der Waals surface area contributed by atoms with Gasteiger partial charge in [-0.2, -0.15) is 0 Å². The van der Waals surface area contributed by atoms with Crippen LogP contribution in [0.3, 0.4) is 0 Å². The van der Waals surface area contributed by atoms with Crippen molar-refractivity contribution in [3.8, 4) is 5.75 Å². The van der Waals surface area contributed by atoms with E-state index < -0.39 is 5.82 Å². The minimum absolute atomic E-state index is 0.239. The van der Waals surface area contributed by atoms with Crippen LogP contribution < -0.4 is 16.0 Å². The van der Waals surface area contributed by atoms with E-state index in [0.29, 0.717) is 33.6 Å². The van der Waals surface area contributed by atoms with E-state index in [9.17, 15) is 14.3 Å². The molecule has 0 bridgehead atoms. The van der Waals surface area contributed by atoms with Crippen LogP contribution in [0.15, 0.2) is 24.5 Å². The summed E-state index contributed by atoms with van der Waals surface area (Å²) in [4.78, 5) is 25.7. The zero-order valence-corrected chi connectivity index (χ0v) is 15.7. The zero-order chi connectivity index (χ0) is 19.5. The van der Waals surface area contributed by atoms with E-state index >= 15 is 0 Å². The van der Waals surface area contributed by atoms with Gasteiger partial charge in [-0.1, -0.05) is 11.3 Å². The molecule has 0 atom stereocenters. The maximum absolute atomic E-state index is 13.2. The van der Waals surface area contributed by atoms with Gasteiger partial charge >= 0.3 is 0 Å². The number of halogens is 1. The summed E-state index contributed by atoms with van der Waals surface area (Å²) in [5.41, 5.74) is 0.703. The highest BCUT2D eigenvalue weighted by Crippen LogP contribution is 2.30. The number of hydrogen-bond donors (Lipinski definition) is 4. The van der Waals surface area contributed by atoms with Crippen molar-refractivity contribution in [2.24, 2.45) is 5.92 Å². The van der Waals surface area contributed by atoms with Gasteiger partial charge in [0.05, 0.1) is 5.69 Å². The first-order valence-corrected chi connectivity index (χ1v) is 9.78. The molecule has 0 aliphatic carbocycles. The number of piperidine rings is 1. The largest absolute Gasteiger partial charge is 0.506 e. The summed E-state index contributed by atoms with van der Waals surface area (Å²) in [5, 5.41) is 19.3. The van der Waals surface area contributed by atoms with Gasteiger partial charge in [0.15, 0.2) is 10.8 Å². The topological polar surface area (TPSA) is 112 Å². The molecule has 0 unspecified atom stereocenters. The Balaban J connectivity index is 1.52. The number of rotatable bonds is 5. The van der Waals surface area contributed by atoms with Crippen LogP contribution in [0.4, 0.5) is 15.9 Å². The van der Waals surface area contributed by atoms with E-state index in [1.807, 2.05) is 0 Å². The Morgan fingerprint density at radius 3 is 2.93 bits per heavy atom. The molecular weight excluding hydrogens is 383 g/mol. The van der Waals surface area contributed by atoms with Gasteiger partial charge in [0.1, 0.15) is 28.2 Å².